The molecule has 19 heavy (non-hydrogen) atoms. The highest BCUT2D eigenvalue weighted by atomic mass is 16.3. The molecule has 0 saturated carbocycles. The first-order valence-corrected chi connectivity index (χ1v) is 6.55. The zero-order valence-corrected chi connectivity index (χ0v) is 11.6. The molecule has 1 amide bonds. The van der Waals surface area contributed by atoms with Crippen molar-refractivity contribution in [2.75, 3.05) is 13.1 Å². The third kappa shape index (κ3) is 2.80. The van der Waals surface area contributed by atoms with Crippen molar-refractivity contribution >= 4 is 5.91 Å². The van der Waals surface area contributed by atoms with Crippen LogP contribution in [0.1, 0.15) is 36.7 Å². The highest BCUT2D eigenvalue weighted by Gasteiger charge is 2.34. The summed E-state index contributed by atoms with van der Waals surface area (Å²) in [4.78, 5) is 14.0. The van der Waals surface area contributed by atoms with Crippen molar-refractivity contribution in [1.82, 2.24) is 4.90 Å². The molecule has 2 atom stereocenters. The molecule has 4 heteroatoms. The van der Waals surface area contributed by atoms with Crippen LogP contribution in [0.4, 0.5) is 0 Å². The monoisotopic (exact) mass is 263 g/mol. The Balaban J connectivity index is 2.30. The number of benzene rings is 1. The normalized spacial score (nSPS) is 23.7. The van der Waals surface area contributed by atoms with Crippen molar-refractivity contribution in [3.63, 3.8) is 0 Å². The van der Waals surface area contributed by atoms with Crippen LogP contribution in [0.3, 0.4) is 0 Å². The average Bonchev–Trinajstić information content (AvgIpc) is 2.68. The topological polar surface area (TPSA) is 60.8 Å². The first-order valence-electron chi connectivity index (χ1n) is 6.55. The Hall–Kier alpha value is -1.39. The van der Waals surface area contributed by atoms with Gasteiger partial charge in [-0.25, -0.2) is 0 Å². The van der Waals surface area contributed by atoms with Crippen LogP contribution in [0.15, 0.2) is 24.3 Å². The lowest BCUT2D eigenvalue weighted by molar-refractivity contribution is 0.0572. The Morgan fingerprint density at radius 3 is 2.21 bits per heavy atom. The summed E-state index contributed by atoms with van der Waals surface area (Å²) >= 11 is 0. The van der Waals surface area contributed by atoms with Crippen molar-refractivity contribution in [3.8, 4) is 0 Å². The van der Waals surface area contributed by atoms with Gasteiger partial charge in [0.1, 0.15) is 0 Å². The van der Waals surface area contributed by atoms with Gasteiger partial charge < -0.3 is 15.1 Å². The third-order valence-corrected chi connectivity index (χ3v) is 3.51. The summed E-state index contributed by atoms with van der Waals surface area (Å²) in [6.07, 6.45) is -1.68. The lowest BCUT2D eigenvalue weighted by Crippen LogP contribution is -2.32. The predicted octanol–water partition coefficient (Wildman–Crippen LogP) is 1.16. The molecule has 104 valence electrons. The summed E-state index contributed by atoms with van der Waals surface area (Å²) in [5, 5.41) is 19.1. The zero-order valence-electron chi connectivity index (χ0n) is 11.6. The molecule has 1 fully saturated rings. The number of carbonyl (C=O) groups excluding carboxylic acids is 1. The van der Waals surface area contributed by atoms with Gasteiger partial charge in [-0.05, 0) is 17.0 Å². The minimum Gasteiger partial charge on any atom is -0.388 e. The largest absolute Gasteiger partial charge is 0.388 e. The molecule has 1 heterocycles. The SMILES string of the molecule is CC(C)(C)c1ccccc1C(=O)N1C[C@@H](O)[C@@H](O)C1. The lowest BCUT2D eigenvalue weighted by Gasteiger charge is -2.24. The second-order valence-corrected chi connectivity index (χ2v) is 6.14. The molecule has 0 unspecified atom stereocenters. The number of amides is 1. The summed E-state index contributed by atoms with van der Waals surface area (Å²) in [5.41, 5.74) is 1.51. The van der Waals surface area contributed by atoms with Gasteiger partial charge in [0.2, 0.25) is 0 Å². The molecule has 2 rings (SSSR count). The number of β-amino-alcohol motifs (C(OH)–C–C–N with tert-alkyl or cyclic N) is 2. The second-order valence-electron chi connectivity index (χ2n) is 6.14. The lowest BCUT2D eigenvalue weighted by atomic mass is 9.83. The Kier molecular flexibility index (Phi) is 3.65. The van der Waals surface area contributed by atoms with Crippen LogP contribution in [0.25, 0.3) is 0 Å². The predicted molar refractivity (Wildman–Crippen MR) is 73.1 cm³/mol. The molecule has 0 aromatic heterocycles. The van der Waals surface area contributed by atoms with Crippen LogP contribution < -0.4 is 0 Å². The molecule has 4 nitrogen and oxygen atoms in total. The first kappa shape index (κ1) is 14.0. The fourth-order valence-corrected chi connectivity index (χ4v) is 2.43. The molecule has 0 spiro atoms. The van der Waals surface area contributed by atoms with E-state index in [0.717, 1.165) is 5.56 Å². The number of hydrogen-bond acceptors (Lipinski definition) is 3. The van der Waals surface area contributed by atoms with Gasteiger partial charge in [0.15, 0.2) is 0 Å². The Labute approximate surface area is 113 Å². The molecule has 0 radical (unpaired) electrons. The van der Waals surface area contributed by atoms with Crippen LogP contribution in [0.2, 0.25) is 0 Å². The van der Waals surface area contributed by atoms with Crippen LogP contribution >= 0.6 is 0 Å². The van der Waals surface area contributed by atoms with E-state index in [1.54, 1.807) is 6.07 Å². The molecule has 0 aliphatic carbocycles. The maximum Gasteiger partial charge on any atom is 0.254 e. The van der Waals surface area contributed by atoms with Crippen molar-refractivity contribution in [3.05, 3.63) is 35.4 Å². The summed E-state index contributed by atoms with van der Waals surface area (Å²) in [5.74, 6) is -0.124. The summed E-state index contributed by atoms with van der Waals surface area (Å²) in [7, 11) is 0. The third-order valence-electron chi connectivity index (χ3n) is 3.51. The van der Waals surface area contributed by atoms with E-state index in [1.165, 1.54) is 4.90 Å². The summed E-state index contributed by atoms with van der Waals surface area (Å²) < 4.78 is 0. The number of aliphatic hydroxyl groups is 2. The summed E-state index contributed by atoms with van der Waals surface area (Å²) in [6.45, 7) is 6.57. The van der Waals surface area contributed by atoms with Gasteiger partial charge in [0.05, 0.1) is 12.2 Å². The highest BCUT2D eigenvalue weighted by molar-refractivity contribution is 5.96. The number of rotatable bonds is 1. The Morgan fingerprint density at radius 2 is 1.68 bits per heavy atom. The average molecular weight is 263 g/mol. The van der Waals surface area contributed by atoms with E-state index in [4.69, 9.17) is 0 Å². The smallest absolute Gasteiger partial charge is 0.254 e. The van der Waals surface area contributed by atoms with E-state index in [0.29, 0.717) is 5.56 Å². The number of hydrogen-bond donors (Lipinski definition) is 2. The molecule has 1 aromatic rings. The van der Waals surface area contributed by atoms with Gasteiger partial charge in [0, 0.05) is 18.7 Å². The second kappa shape index (κ2) is 4.94. The van der Waals surface area contributed by atoms with Crippen LogP contribution in [0.5, 0.6) is 0 Å². The number of nitrogens with zero attached hydrogens (tertiary/aromatic N) is 1. The Bertz CT molecular complexity index is 469. The maximum absolute atomic E-state index is 12.5. The van der Waals surface area contributed by atoms with Gasteiger partial charge in [-0.2, -0.15) is 0 Å². The molecular weight excluding hydrogens is 242 g/mol. The molecule has 1 aliphatic rings. The quantitative estimate of drug-likeness (QED) is 0.799. The van der Waals surface area contributed by atoms with Crippen molar-refractivity contribution in [1.29, 1.82) is 0 Å². The van der Waals surface area contributed by atoms with Gasteiger partial charge >= 0.3 is 0 Å². The van der Waals surface area contributed by atoms with Crippen molar-refractivity contribution in [2.24, 2.45) is 0 Å². The number of aliphatic hydroxyl groups excluding tert-OH is 2. The van der Waals surface area contributed by atoms with E-state index in [9.17, 15) is 15.0 Å². The molecule has 0 bridgehead atoms. The van der Waals surface area contributed by atoms with E-state index in [1.807, 2.05) is 18.2 Å². The van der Waals surface area contributed by atoms with Gasteiger partial charge in [-0.15, -0.1) is 0 Å². The fourth-order valence-electron chi connectivity index (χ4n) is 2.43. The van der Waals surface area contributed by atoms with E-state index < -0.39 is 12.2 Å². The number of carbonyl (C=O) groups is 1. The molecular formula is C15H21NO3. The van der Waals surface area contributed by atoms with Gasteiger partial charge in [-0.1, -0.05) is 39.0 Å². The minimum atomic E-state index is -0.842. The zero-order chi connectivity index (χ0) is 14.2. The van der Waals surface area contributed by atoms with Crippen LogP contribution in [-0.2, 0) is 5.41 Å². The Morgan fingerprint density at radius 1 is 1.16 bits per heavy atom. The first-order chi connectivity index (χ1) is 8.80. The van der Waals surface area contributed by atoms with E-state index >= 15 is 0 Å². The van der Waals surface area contributed by atoms with Crippen molar-refractivity contribution in [2.45, 2.75) is 38.4 Å². The highest BCUT2D eigenvalue weighted by Crippen LogP contribution is 2.27. The molecule has 1 aromatic carbocycles. The van der Waals surface area contributed by atoms with Crippen LogP contribution in [0, 0.1) is 0 Å². The molecule has 2 N–H and O–H groups in total. The standard InChI is InChI=1S/C15H21NO3/c1-15(2,3)11-7-5-4-6-10(11)14(19)16-8-12(17)13(18)9-16/h4-7,12-13,17-18H,8-9H2,1-3H3/t12-,13+. The minimum absolute atomic E-state index is 0.122. The molecule has 1 saturated heterocycles. The van der Waals surface area contributed by atoms with Gasteiger partial charge in [-0.3, -0.25) is 4.79 Å². The van der Waals surface area contributed by atoms with E-state index in [-0.39, 0.29) is 24.4 Å². The van der Waals surface area contributed by atoms with Crippen molar-refractivity contribution < 1.29 is 15.0 Å². The summed E-state index contributed by atoms with van der Waals surface area (Å²) in [6, 6.07) is 7.52. The maximum atomic E-state index is 12.5. The van der Waals surface area contributed by atoms with Gasteiger partial charge in [0.25, 0.3) is 5.91 Å². The van der Waals surface area contributed by atoms with E-state index in [2.05, 4.69) is 20.8 Å². The fraction of sp³-hybridized carbons (Fsp3) is 0.533. The van der Waals surface area contributed by atoms with Crippen LogP contribution in [-0.4, -0.2) is 46.3 Å². The number of likely N-dealkylation sites (tertiary alicyclic amines) is 1. The molecule has 1 aliphatic heterocycles.